The average Bonchev–Trinajstić information content (AvgIpc) is 3.17. The first-order chi connectivity index (χ1) is 13.2. The van der Waals surface area contributed by atoms with Gasteiger partial charge in [-0.05, 0) is 47.4 Å². The molecule has 27 heavy (non-hydrogen) atoms. The van der Waals surface area contributed by atoms with Gasteiger partial charge in [0.25, 0.3) is 0 Å². The molecule has 5 heteroatoms. The van der Waals surface area contributed by atoms with E-state index in [0.717, 1.165) is 48.1 Å². The zero-order valence-electron chi connectivity index (χ0n) is 15.3. The molecule has 0 fully saturated rings. The van der Waals surface area contributed by atoms with Gasteiger partial charge in [-0.15, -0.1) is 0 Å². The number of nitrogens with zero attached hydrogens (tertiary/aromatic N) is 2. The fraction of sp³-hybridized carbons (Fsp3) is 0.227. The van der Waals surface area contributed by atoms with Crippen molar-refractivity contribution in [2.45, 2.75) is 13.0 Å². The second kappa shape index (κ2) is 7.99. The van der Waals surface area contributed by atoms with Gasteiger partial charge in [-0.3, -0.25) is 10.00 Å². The molecule has 1 N–H and O–H groups in total. The molecular weight excluding hydrogens is 358 g/mol. The molecule has 138 valence electrons. The van der Waals surface area contributed by atoms with E-state index in [0.29, 0.717) is 0 Å². The van der Waals surface area contributed by atoms with Gasteiger partial charge in [0.05, 0.1) is 19.0 Å². The normalized spacial score (nSPS) is 14.8. The van der Waals surface area contributed by atoms with E-state index in [-0.39, 0.29) is 0 Å². The van der Waals surface area contributed by atoms with E-state index in [1.807, 2.05) is 42.6 Å². The van der Waals surface area contributed by atoms with Crippen molar-refractivity contribution in [3.05, 3.63) is 77.0 Å². The van der Waals surface area contributed by atoms with Crippen molar-refractivity contribution in [2.75, 3.05) is 20.2 Å². The van der Waals surface area contributed by atoms with Gasteiger partial charge in [0.15, 0.2) is 0 Å². The third-order valence-electron chi connectivity index (χ3n) is 4.98. The van der Waals surface area contributed by atoms with Crippen molar-refractivity contribution in [2.24, 2.45) is 0 Å². The molecule has 0 bridgehead atoms. The van der Waals surface area contributed by atoms with E-state index in [1.165, 1.54) is 16.7 Å². The number of halogens is 1. The van der Waals surface area contributed by atoms with Crippen LogP contribution in [0.1, 0.15) is 17.5 Å². The second-order valence-electron chi connectivity index (χ2n) is 6.72. The van der Waals surface area contributed by atoms with Crippen molar-refractivity contribution in [3.63, 3.8) is 0 Å². The van der Waals surface area contributed by atoms with Gasteiger partial charge in [-0.1, -0.05) is 41.9 Å². The summed E-state index contributed by atoms with van der Waals surface area (Å²) in [5, 5.41) is 8.13. The zero-order chi connectivity index (χ0) is 18.6. The summed E-state index contributed by atoms with van der Waals surface area (Å²) in [5.74, 6) is 0.904. The number of ether oxygens (including phenoxy) is 1. The van der Waals surface area contributed by atoms with Crippen LogP contribution >= 0.6 is 11.6 Å². The maximum atomic E-state index is 6.00. The highest BCUT2D eigenvalue weighted by molar-refractivity contribution is 6.30. The van der Waals surface area contributed by atoms with Crippen LogP contribution in [0, 0.1) is 0 Å². The predicted octanol–water partition coefficient (Wildman–Crippen LogP) is 5.03. The average molecular weight is 380 g/mol. The Kier molecular flexibility index (Phi) is 5.28. The summed E-state index contributed by atoms with van der Waals surface area (Å²) in [6.07, 6.45) is 5.27. The molecule has 1 aliphatic heterocycles. The summed E-state index contributed by atoms with van der Waals surface area (Å²) >= 11 is 6.00. The maximum absolute atomic E-state index is 6.00. The van der Waals surface area contributed by atoms with Crippen molar-refractivity contribution >= 4 is 17.2 Å². The molecule has 2 aromatic carbocycles. The van der Waals surface area contributed by atoms with E-state index in [2.05, 4.69) is 33.3 Å². The van der Waals surface area contributed by atoms with Crippen LogP contribution in [0.25, 0.3) is 16.8 Å². The van der Waals surface area contributed by atoms with Gasteiger partial charge in [0, 0.05) is 30.2 Å². The van der Waals surface area contributed by atoms with Crippen LogP contribution in [-0.2, 0) is 6.54 Å². The molecule has 0 radical (unpaired) electrons. The number of nitrogens with one attached hydrogen (secondary N) is 1. The van der Waals surface area contributed by atoms with Gasteiger partial charge in [0.1, 0.15) is 5.75 Å². The molecule has 0 saturated carbocycles. The standard InChI is InChI=1S/C22H22ClN3O/c1-27-21-4-2-3-18(13-21)16-9-11-26(12-10-16)15-19-14-24-25-22(19)17-5-7-20(23)8-6-17/h2-9,13-14H,10-12,15H2,1H3,(H,24,25). The molecule has 4 rings (SSSR count). The van der Waals surface area contributed by atoms with Crippen LogP contribution in [-0.4, -0.2) is 35.3 Å². The van der Waals surface area contributed by atoms with E-state index >= 15 is 0 Å². The summed E-state index contributed by atoms with van der Waals surface area (Å²) in [6.45, 7) is 2.82. The number of hydrogen-bond donors (Lipinski definition) is 1. The molecule has 4 nitrogen and oxygen atoms in total. The lowest BCUT2D eigenvalue weighted by atomic mass is 9.99. The van der Waals surface area contributed by atoms with E-state index in [4.69, 9.17) is 16.3 Å². The maximum Gasteiger partial charge on any atom is 0.119 e. The highest BCUT2D eigenvalue weighted by Gasteiger charge is 2.16. The van der Waals surface area contributed by atoms with E-state index in [1.54, 1.807) is 7.11 Å². The lowest BCUT2D eigenvalue weighted by Crippen LogP contribution is -2.28. The molecule has 2 heterocycles. The van der Waals surface area contributed by atoms with Crippen LogP contribution in [0.4, 0.5) is 0 Å². The Morgan fingerprint density at radius 2 is 2.00 bits per heavy atom. The first kappa shape index (κ1) is 17.8. The predicted molar refractivity (Wildman–Crippen MR) is 110 cm³/mol. The Morgan fingerprint density at radius 1 is 1.15 bits per heavy atom. The Balaban J connectivity index is 1.46. The Bertz CT molecular complexity index is 946. The number of aromatic nitrogens is 2. The molecule has 0 spiro atoms. The molecule has 0 atom stereocenters. The van der Waals surface area contributed by atoms with Gasteiger partial charge in [-0.25, -0.2) is 0 Å². The van der Waals surface area contributed by atoms with Gasteiger partial charge in [0.2, 0.25) is 0 Å². The Labute approximate surface area is 164 Å². The number of methoxy groups -OCH3 is 1. The van der Waals surface area contributed by atoms with Crippen LogP contribution < -0.4 is 4.74 Å². The lowest BCUT2D eigenvalue weighted by molar-refractivity contribution is 0.294. The molecule has 0 unspecified atom stereocenters. The van der Waals surface area contributed by atoms with Crippen molar-refractivity contribution < 1.29 is 4.74 Å². The van der Waals surface area contributed by atoms with Crippen molar-refractivity contribution in [1.29, 1.82) is 0 Å². The summed E-state index contributed by atoms with van der Waals surface area (Å²) in [5.41, 5.74) is 6.01. The molecule has 3 aromatic rings. The molecule has 0 saturated heterocycles. The first-order valence-corrected chi connectivity index (χ1v) is 9.45. The highest BCUT2D eigenvalue weighted by Crippen LogP contribution is 2.28. The first-order valence-electron chi connectivity index (χ1n) is 9.07. The van der Waals surface area contributed by atoms with Crippen LogP contribution in [0.15, 0.2) is 60.8 Å². The summed E-state index contributed by atoms with van der Waals surface area (Å²) in [7, 11) is 1.71. The fourth-order valence-electron chi connectivity index (χ4n) is 3.48. The minimum absolute atomic E-state index is 0.742. The molecule has 0 aliphatic carbocycles. The Hall–Kier alpha value is -2.56. The van der Waals surface area contributed by atoms with Gasteiger partial charge in [-0.2, -0.15) is 5.10 Å². The smallest absolute Gasteiger partial charge is 0.119 e. The zero-order valence-corrected chi connectivity index (χ0v) is 16.0. The van der Waals surface area contributed by atoms with Crippen LogP contribution in [0.3, 0.4) is 0 Å². The van der Waals surface area contributed by atoms with E-state index < -0.39 is 0 Å². The summed E-state index contributed by atoms with van der Waals surface area (Å²) in [4.78, 5) is 2.44. The largest absolute Gasteiger partial charge is 0.497 e. The third kappa shape index (κ3) is 4.07. The van der Waals surface area contributed by atoms with Gasteiger partial charge >= 0.3 is 0 Å². The molecule has 0 amide bonds. The number of benzene rings is 2. The Morgan fingerprint density at radius 3 is 2.74 bits per heavy atom. The minimum atomic E-state index is 0.742. The fourth-order valence-corrected chi connectivity index (χ4v) is 3.60. The number of hydrogen-bond acceptors (Lipinski definition) is 3. The molecular formula is C22H22ClN3O. The van der Waals surface area contributed by atoms with Crippen molar-refractivity contribution in [1.82, 2.24) is 15.1 Å². The lowest BCUT2D eigenvalue weighted by Gasteiger charge is -2.26. The number of H-pyrrole nitrogens is 1. The second-order valence-corrected chi connectivity index (χ2v) is 7.16. The third-order valence-corrected chi connectivity index (χ3v) is 5.23. The quantitative estimate of drug-likeness (QED) is 0.676. The van der Waals surface area contributed by atoms with Crippen LogP contribution in [0.2, 0.25) is 5.02 Å². The topological polar surface area (TPSA) is 41.1 Å². The SMILES string of the molecule is COc1cccc(C2=CCN(Cc3cn[nH]c3-c3ccc(Cl)cc3)CC2)c1. The summed E-state index contributed by atoms with van der Waals surface area (Å²) < 4.78 is 5.34. The monoisotopic (exact) mass is 379 g/mol. The van der Waals surface area contributed by atoms with Gasteiger partial charge < -0.3 is 4.74 Å². The minimum Gasteiger partial charge on any atom is -0.497 e. The number of rotatable bonds is 5. The van der Waals surface area contributed by atoms with Crippen molar-refractivity contribution in [3.8, 4) is 17.0 Å². The number of aromatic amines is 1. The molecule has 1 aliphatic rings. The van der Waals surface area contributed by atoms with Crippen LogP contribution in [0.5, 0.6) is 5.75 Å². The summed E-state index contributed by atoms with van der Waals surface area (Å²) in [6, 6.07) is 16.2. The molecule has 1 aromatic heterocycles. The van der Waals surface area contributed by atoms with E-state index in [9.17, 15) is 0 Å². The highest BCUT2D eigenvalue weighted by atomic mass is 35.5.